The highest BCUT2D eigenvalue weighted by Gasteiger charge is 2.77. The zero-order chi connectivity index (χ0) is 32.7. The Morgan fingerprint density at radius 1 is 1.24 bits per heavy atom. The number of halogens is 1. The monoisotopic (exact) mass is 687 g/mol. The molecule has 3 heterocycles. The summed E-state index contributed by atoms with van der Waals surface area (Å²) in [5.41, 5.74) is -0.626. The van der Waals surface area contributed by atoms with Gasteiger partial charge in [-0.05, 0) is 31.7 Å². The van der Waals surface area contributed by atoms with Gasteiger partial charge in [0.15, 0.2) is 0 Å². The maximum Gasteiger partial charge on any atom is 0.312 e. The second-order valence-corrected chi connectivity index (χ2v) is 13.4. The summed E-state index contributed by atoms with van der Waals surface area (Å²) in [5, 5.41) is 13.4. The Labute approximate surface area is 274 Å². The molecule has 246 valence electrons. The van der Waals surface area contributed by atoms with Gasteiger partial charge in [0.1, 0.15) is 17.7 Å². The minimum atomic E-state index is -1.30. The first-order valence-corrected chi connectivity index (χ1v) is 16.8. The molecule has 1 spiro atoms. The summed E-state index contributed by atoms with van der Waals surface area (Å²) in [5.74, 6) is -3.46. The number of esters is 1. The fourth-order valence-corrected chi connectivity index (χ4v) is 7.99. The number of carbonyl (C=O) groups excluding carboxylic acids is 4. The highest BCUT2D eigenvalue weighted by Crippen LogP contribution is 2.61. The normalized spacial score (nSPS) is 27.9. The van der Waals surface area contributed by atoms with Crippen molar-refractivity contribution in [3.05, 3.63) is 61.2 Å². The fourth-order valence-electron chi connectivity index (χ4n) is 7.05. The lowest BCUT2D eigenvalue weighted by atomic mass is 9.70. The number of amides is 3. The van der Waals surface area contributed by atoms with Gasteiger partial charge in [-0.2, -0.15) is 0 Å². The summed E-state index contributed by atoms with van der Waals surface area (Å²) in [4.78, 5) is 57.9. The molecule has 1 aromatic carbocycles. The molecule has 45 heavy (non-hydrogen) atoms. The largest absolute Gasteiger partial charge is 0.460 e. The van der Waals surface area contributed by atoms with E-state index in [1.165, 1.54) is 4.90 Å². The van der Waals surface area contributed by atoms with E-state index in [4.69, 9.17) is 9.47 Å². The van der Waals surface area contributed by atoms with Gasteiger partial charge in [-0.15, -0.1) is 13.2 Å². The Bertz CT molecular complexity index is 1250. The maximum absolute atomic E-state index is 14.6. The van der Waals surface area contributed by atoms with E-state index in [9.17, 15) is 24.3 Å². The van der Waals surface area contributed by atoms with Crippen LogP contribution in [-0.4, -0.2) is 93.5 Å². The summed E-state index contributed by atoms with van der Waals surface area (Å²) < 4.78 is 12.4. The first-order chi connectivity index (χ1) is 21.6. The highest BCUT2D eigenvalue weighted by molar-refractivity contribution is 9.09. The van der Waals surface area contributed by atoms with E-state index in [2.05, 4.69) is 41.3 Å². The van der Waals surface area contributed by atoms with Crippen molar-refractivity contribution in [3.63, 3.8) is 0 Å². The van der Waals surface area contributed by atoms with Crippen molar-refractivity contribution in [1.29, 1.82) is 0 Å². The lowest BCUT2D eigenvalue weighted by molar-refractivity contribution is -0.160. The van der Waals surface area contributed by atoms with Crippen molar-refractivity contribution in [2.75, 3.05) is 26.2 Å². The number of nitrogens with zero attached hydrogens (tertiary/aromatic N) is 2. The molecule has 0 aliphatic carbocycles. The first kappa shape index (κ1) is 34.8. The van der Waals surface area contributed by atoms with E-state index in [1.807, 2.05) is 30.3 Å². The van der Waals surface area contributed by atoms with E-state index in [1.54, 1.807) is 24.0 Å². The van der Waals surface area contributed by atoms with E-state index in [-0.39, 0.29) is 29.6 Å². The third-order valence-corrected chi connectivity index (χ3v) is 9.94. The molecule has 8 atom stereocenters. The van der Waals surface area contributed by atoms with Crippen LogP contribution >= 0.6 is 15.9 Å². The SMILES string of the molecule is C=CCCC(=O)NC[C@@H](C)OC(=O)[C@H]1[C@@H]2O[C@@]3(CC2Br)[C@@H]1C(=O)N([C@H](CO)c1ccccc1)[C@@H]3C(=O)N(CC=C)CCCCC. The number of benzene rings is 1. The van der Waals surface area contributed by atoms with Crippen molar-refractivity contribution < 1.29 is 33.8 Å². The number of aliphatic hydroxyl groups excluding tert-OH is 1. The van der Waals surface area contributed by atoms with Crippen molar-refractivity contribution in [3.8, 4) is 0 Å². The van der Waals surface area contributed by atoms with Gasteiger partial charge in [0.2, 0.25) is 17.7 Å². The average molecular weight is 689 g/mol. The Balaban J connectivity index is 1.68. The van der Waals surface area contributed by atoms with Gasteiger partial charge in [0.25, 0.3) is 0 Å². The Morgan fingerprint density at radius 3 is 2.62 bits per heavy atom. The zero-order valence-electron chi connectivity index (χ0n) is 26.2. The van der Waals surface area contributed by atoms with Crippen LogP contribution in [0.25, 0.3) is 0 Å². The molecule has 1 unspecified atom stereocenters. The molecular weight excluding hydrogens is 642 g/mol. The number of alkyl halides is 1. The van der Waals surface area contributed by atoms with Gasteiger partial charge < -0.3 is 29.7 Å². The van der Waals surface area contributed by atoms with Crippen molar-refractivity contribution >= 4 is 39.6 Å². The van der Waals surface area contributed by atoms with Crippen LogP contribution in [0, 0.1) is 11.8 Å². The molecule has 0 saturated carbocycles. The van der Waals surface area contributed by atoms with Crippen LogP contribution in [0.3, 0.4) is 0 Å². The highest BCUT2D eigenvalue weighted by atomic mass is 79.9. The molecule has 4 rings (SSSR count). The average Bonchev–Trinajstić information content (AvgIpc) is 3.62. The molecule has 3 aliphatic heterocycles. The lowest BCUT2D eigenvalue weighted by Crippen LogP contribution is -2.57. The minimum Gasteiger partial charge on any atom is -0.460 e. The Hall–Kier alpha value is -3.02. The maximum atomic E-state index is 14.6. The summed E-state index contributed by atoms with van der Waals surface area (Å²) in [6.07, 6.45) is 5.85. The number of ether oxygens (including phenoxy) is 2. The third-order valence-electron chi connectivity index (χ3n) is 9.10. The molecule has 2 N–H and O–H groups in total. The molecule has 0 radical (unpaired) electrons. The molecular formula is C34H46BrN3O7. The van der Waals surface area contributed by atoms with E-state index in [0.29, 0.717) is 31.5 Å². The number of rotatable bonds is 17. The molecule has 3 aliphatic rings. The lowest BCUT2D eigenvalue weighted by Gasteiger charge is -2.39. The quantitative estimate of drug-likeness (QED) is 0.111. The van der Waals surface area contributed by atoms with Crippen LogP contribution in [0.1, 0.15) is 64.0 Å². The third kappa shape index (κ3) is 7.05. The van der Waals surface area contributed by atoms with E-state index < -0.39 is 60.2 Å². The van der Waals surface area contributed by atoms with E-state index in [0.717, 1.165) is 19.3 Å². The van der Waals surface area contributed by atoms with Crippen LogP contribution in [0.5, 0.6) is 0 Å². The van der Waals surface area contributed by atoms with Crippen molar-refractivity contribution in [2.24, 2.45) is 11.8 Å². The number of fused-ring (bicyclic) bond motifs is 1. The topological polar surface area (TPSA) is 125 Å². The number of hydrogen-bond acceptors (Lipinski definition) is 7. The van der Waals surface area contributed by atoms with Gasteiger partial charge in [-0.3, -0.25) is 19.2 Å². The fraction of sp³-hybridized carbons (Fsp3) is 0.588. The van der Waals surface area contributed by atoms with Gasteiger partial charge in [-0.1, -0.05) is 78.2 Å². The molecule has 3 saturated heterocycles. The second kappa shape index (κ2) is 15.5. The van der Waals surface area contributed by atoms with Crippen LogP contribution in [0.4, 0.5) is 0 Å². The van der Waals surface area contributed by atoms with E-state index >= 15 is 0 Å². The number of unbranched alkanes of at least 4 members (excludes halogenated alkanes) is 2. The standard InChI is InChI=1S/C34H46BrN3O7/c1-5-8-13-18-37(17-7-3)32(42)30-34-19-24(35)29(45-34)27(33(43)44-22(4)20-36-26(40)16-9-6-2)28(34)31(41)38(30)25(21-39)23-14-11-10-12-15-23/h6-7,10-12,14-15,22,24-25,27-30,39H,2-3,5,8-9,13,16-21H2,1,4H3,(H,36,40)/t22-,24?,25-,27-,28+,29-,30-,34+/m1/s1. The number of carbonyl (C=O) groups is 4. The predicted molar refractivity (Wildman–Crippen MR) is 173 cm³/mol. The van der Waals surface area contributed by atoms with Gasteiger partial charge >= 0.3 is 5.97 Å². The number of likely N-dealkylation sites (tertiary alicyclic amines) is 1. The summed E-state index contributed by atoms with van der Waals surface area (Å²) in [7, 11) is 0. The molecule has 10 nitrogen and oxygen atoms in total. The van der Waals surface area contributed by atoms with Gasteiger partial charge in [0.05, 0.1) is 37.1 Å². The second-order valence-electron chi connectivity index (χ2n) is 12.2. The number of allylic oxidation sites excluding steroid dienone is 1. The zero-order valence-corrected chi connectivity index (χ0v) is 27.8. The van der Waals surface area contributed by atoms with Gasteiger partial charge in [0, 0.05) is 24.3 Å². The van der Waals surface area contributed by atoms with Crippen molar-refractivity contribution in [2.45, 2.75) is 87.1 Å². The summed E-state index contributed by atoms with van der Waals surface area (Å²) in [6, 6.07) is 7.20. The van der Waals surface area contributed by atoms with Gasteiger partial charge in [-0.25, -0.2) is 0 Å². The van der Waals surface area contributed by atoms with Crippen molar-refractivity contribution in [1.82, 2.24) is 15.1 Å². The summed E-state index contributed by atoms with van der Waals surface area (Å²) >= 11 is 3.69. The Morgan fingerprint density at radius 2 is 1.98 bits per heavy atom. The number of aliphatic hydroxyl groups is 1. The van der Waals surface area contributed by atoms with Crippen LogP contribution in [0.2, 0.25) is 0 Å². The molecule has 0 aromatic heterocycles. The molecule has 1 aromatic rings. The van der Waals surface area contributed by atoms with Crippen LogP contribution in [0.15, 0.2) is 55.6 Å². The molecule has 3 fully saturated rings. The van der Waals surface area contributed by atoms with Crippen LogP contribution in [-0.2, 0) is 28.7 Å². The smallest absolute Gasteiger partial charge is 0.312 e. The number of nitrogens with one attached hydrogen (secondary N) is 1. The first-order valence-electron chi connectivity index (χ1n) is 15.9. The number of hydrogen-bond donors (Lipinski definition) is 2. The van der Waals surface area contributed by atoms with Crippen LogP contribution < -0.4 is 5.32 Å². The minimum absolute atomic E-state index is 0.115. The Kier molecular flexibility index (Phi) is 12.0. The summed E-state index contributed by atoms with van der Waals surface area (Å²) in [6.45, 7) is 11.7. The molecule has 11 heteroatoms. The molecule has 2 bridgehead atoms. The predicted octanol–water partition coefficient (Wildman–Crippen LogP) is 3.69. The molecule has 3 amide bonds.